The lowest BCUT2D eigenvalue weighted by atomic mass is 10.2. The number of carbonyl (C=O) groups excluding carboxylic acids is 1. The van der Waals surface area contributed by atoms with E-state index in [1.54, 1.807) is 13.0 Å². The van der Waals surface area contributed by atoms with E-state index in [0.717, 1.165) is 0 Å². The van der Waals surface area contributed by atoms with Crippen molar-refractivity contribution in [3.8, 4) is 6.07 Å². The molecule has 0 aromatic heterocycles. The molecule has 0 radical (unpaired) electrons. The normalized spacial score (nSPS) is 15.0. The van der Waals surface area contributed by atoms with Gasteiger partial charge in [0.05, 0.1) is 12.7 Å². The van der Waals surface area contributed by atoms with Crippen LogP contribution < -0.4 is 0 Å². The molecule has 10 heavy (non-hydrogen) atoms. The maximum absolute atomic E-state index is 10.7. The molecule has 56 valence electrons. The Morgan fingerprint density at radius 1 is 1.90 bits per heavy atom. The molecule has 4 heteroatoms. The number of nitriles is 1. The maximum Gasteiger partial charge on any atom is 0.341 e. The van der Waals surface area contributed by atoms with Gasteiger partial charge in [0.1, 0.15) is 0 Å². The lowest BCUT2D eigenvalue weighted by molar-refractivity contribution is -0.144. The summed E-state index contributed by atoms with van der Waals surface area (Å²) in [6, 6.07) is 1.62. The number of ether oxygens (including phenoxy) is 1. The fourth-order valence-corrected chi connectivity index (χ4v) is 0.367. The summed E-state index contributed by atoms with van der Waals surface area (Å²) >= 11 is 5.41. The summed E-state index contributed by atoms with van der Waals surface area (Å²) in [6.45, 7) is 3.19. The zero-order valence-corrected chi connectivity index (χ0v) is 6.60. The van der Waals surface area contributed by atoms with Crippen molar-refractivity contribution < 1.29 is 9.53 Å². The topological polar surface area (TPSA) is 50.1 Å². The number of esters is 1. The van der Waals surface area contributed by atoms with Crippen LogP contribution in [0.3, 0.4) is 0 Å². The molecule has 0 saturated carbocycles. The third-order valence-electron chi connectivity index (χ3n) is 0.869. The second-order valence-corrected chi connectivity index (χ2v) is 2.59. The third-order valence-corrected chi connectivity index (χ3v) is 1.11. The van der Waals surface area contributed by atoms with Crippen molar-refractivity contribution in [1.82, 2.24) is 0 Å². The van der Waals surface area contributed by atoms with E-state index in [2.05, 4.69) is 4.74 Å². The standard InChI is InChI=1S/C6H8ClNO2/c1-3-10-5(9)6(2,7)4-8/h3H2,1-2H3. The van der Waals surface area contributed by atoms with Crippen molar-refractivity contribution in [2.24, 2.45) is 0 Å². The molecule has 0 saturated heterocycles. The first-order chi connectivity index (χ1) is 4.54. The highest BCUT2D eigenvalue weighted by Crippen LogP contribution is 2.13. The molecule has 0 rings (SSSR count). The molecule has 1 atom stereocenters. The largest absolute Gasteiger partial charge is 0.464 e. The molecule has 1 unspecified atom stereocenters. The molecular weight excluding hydrogens is 154 g/mol. The van der Waals surface area contributed by atoms with Crippen LogP contribution in [0.2, 0.25) is 0 Å². The SMILES string of the molecule is CCOC(=O)C(C)(Cl)C#N. The molecule has 3 nitrogen and oxygen atoms in total. The van der Waals surface area contributed by atoms with Gasteiger partial charge in [-0.2, -0.15) is 5.26 Å². The number of alkyl halides is 1. The molecule has 0 amide bonds. The number of hydrogen-bond donors (Lipinski definition) is 0. The summed E-state index contributed by atoms with van der Waals surface area (Å²) in [5, 5.41) is 8.31. The van der Waals surface area contributed by atoms with Gasteiger partial charge >= 0.3 is 5.97 Å². The quantitative estimate of drug-likeness (QED) is 0.450. The van der Waals surface area contributed by atoms with Crippen molar-refractivity contribution in [3.05, 3.63) is 0 Å². The van der Waals surface area contributed by atoms with Crippen molar-refractivity contribution in [2.45, 2.75) is 18.7 Å². The van der Waals surface area contributed by atoms with Gasteiger partial charge in [-0.3, -0.25) is 0 Å². The first kappa shape index (κ1) is 9.25. The summed E-state index contributed by atoms with van der Waals surface area (Å²) < 4.78 is 4.50. The minimum Gasteiger partial charge on any atom is -0.464 e. The molecule has 0 fully saturated rings. The Hall–Kier alpha value is -0.750. The van der Waals surface area contributed by atoms with Crippen molar-refractivity contribution in [3.63, 3.8) is 0 Å². The molecule has 0 heterocycles. The van der Waals surface area contributed by atoms with E-state index in [-0.39, 0.29) is 6.61 Å². The van der Waals surface area contributed by atoms with Crippen molar-refractivity contribution >= 4 is 17.6 Å². The van der Waals surface area contributed by atoms with Gasteiger partial charge in [0, 0.05) is 0 Å². The Labute approximate surface area is 64.5 Å². The van der Waals surface area contributed by atoms with Crippen LogP contribution in [0, 0.1) is 11.3 Å². The van der Waals surface area contributed by atoms with Crippen LogP contribution in [-0.2, 0) is 9.53 Å². The van der Waals surface area contributed by atoms with Crippen LogP contribution in [0.1, 0.15) is 13.8 Å². The highest BCUT2D eigenvalue weighted by Gasteiger charge is 2.31. The van der Waals surface area contributed by atoms with Gasteiger partial charge < -0.3 is 4.74 Å². The Kier molecular flexibility index (Phi) is 3.17. The van der Waals surface area contributed by atoms with Crippen molar-refractivity contribution in [2.75, 3.05) is 6.61 Å². The van der Waals surface area contributed by atoms with E-state index in [0.29, 0.717) is 0 Å². The van der Waals surface area contributed by atoms with Crippen LogP contribution in [0.25, 0.3) is 0 Å². The predicted octanol–water partition coefficient (Wildman–Crippen LogP) is 1.07. The van der Waals surface area contributed by atoms with Crippen LogP contribution in [0.5, 0.6) is 0 Å². The van der Waals surface area contributed by atoms with E-state index in [1.165, 1.54) is 6.92 Å². The molecule has 0 N–H and O–H groups in total. The molecular formula is C6H8ClNO2. The number of rotatable bonds is 2. The van der Waals surface area contributed by atoms with Crippen LogP contribution in [0.4, 0.5) is 0 Å². The zero-order chi connectivity index (χ0) is 8.20. The number of carbonyl (C=O) groups is 1. The smallest absolute Gasteiger partial charge is 0.341 e. The average Bonchev–Trinajstić information content (AvgIpc) is 1.89. The Morgan fingerprint density at radius 2 is 2.40 bits per heavy atom. The second-order valence-electron chi connectivity index (χ2n) is 1.84. The summed E-state index contributed by atoms with van der Waals surface area (Å²) in [6.07, 6.45) is 0. The Morgan fingerprint density at radius 3 is 2.70 bits per heavy atom. The van der Waals surface area contributed by atoms with E-state index in [1.807, 2.05) is 0 Å². The molecule has 0 spiro atoms. The maximum atomic E-state index is 10.7. The monoisotopic (exact) mass is 161 g/mol. The van der Waals surface area contributed by atoms with Crippen LogP contribution >= 0.6 is 11.6 Å². The average molecular weight is 162 g/mol. The minimum atomic E-state index is -1.53. The van der Waals surface area contributed by atoms with Crippen molar-refractivity contribution in [1.29, 1.82) is 5.26 Å². The summed E-state index contributed by atoms with van der Waals surface area (Å²) in [7, 11) is 0. The van der Waals surface area contributed by atoms with E-state index in [4.69, 9.17) is 16.9 Å². The van der Waals surface area contributed by atoms with Gasteiger partial charge in [-0.25, -0.2) is 4.79 Å². The molecule has 0 bridgehead atoms. The van der Waals surface area contributed by atoms with Gasteiger partial charge in [0.15, 0.2) is 0 Å². The number of nitrogens with zero attached hydrogens (tertiary/aromatic N) is 1. The molecule has 0 aliphatic carbocycles. The second kappa shape index (κ2) is 3.43. The Balaban J connectivity index is 4.09. The van der Waals surface area contributed by atoms with E-state index in [9.17, 15) is 4.79 Å². The fourth-order valence-electron chi connectivity index (χ4n) is 0.312. The van der Waals surface area contributed by atoms with Crippen LogP contribution in [0.15, 0.2) is 0 Å². The fraction of sp³-hybridized carbons (Fsp3) is 0.667. The van der Waals surface area contributed by atoms with Gasteiger partial charge in [-0.05, 0) is 13.8 Å². The summed E-state index contributed by atoms with van der Waals surface area (Å²) in [5.74, 6) is -0.695. The molecule has 0 aliphatic heterocycles. The Bertz CT molecular complexity index is 171. The van der Waals surface area contributed by atoms with Gasteiger partial charge in [-0.1, -0.05) is 11.6 Å². The first-order valence-corrected chi connectivity index (χ1v) is 3.19. The minimum absolute atomic E-state index is 0.239. The number of hydrogen-bond acceptors (Lipinski definition) is 3. The van der Waals surface area contributed by atoms with E-state index >= 15 is 0 Å². The van der Waals surface area contributed by atoms with E-state index < -0.39 is 10.8 Å². The zero-order valence-electron chi connectivity index (χ0n) is 5.85. The molecule has 0 aliphatic rings. The molecule has 0 aromatic rings. The highest BCUT2D eigenvalue weighted by atomic mass is 35.5. The van der Waals surface area contributed by atoms with Crippen LogP contribution in [-0.4, -0.2) is 17.5 Å². The first-order valence-electron chi connectivity index (χ1n) is 2.82. The third kappa shape index (κ3) is 2.24. The van der Waals surface area contributed by atoms with Gasteiger partial charge in [0.25, 0.3) is 0 Å². The highest BCUT2D eigenvalue weighted by molar-refractivity contribution is 6.35. The molecule has 0 aromatic carbocycles. The summed E-state index contributed by atoms with van der Waals surface area (Å²) in [5.41, 5.74) is 0. The lowest BCUT2D eigenvalue weighted by Crippen LogP contribution is -2.28. The summed E-state index contributed by atoms with van der Waals surface area (Å²) in [4.78, 5) is 9.19. The number of halogens is 1. The predicted molar refractivity (Wildman–Crippen MR) is 36.5 cm³/mol. The van der Waals surface area contributed by atoms with Gasteiger partial charge in [-0.15, -0.1) is 0 Å². The van der Waals surface area contributed by atoms with Gasteiger partial charge in [0.2, 0.25) is 4.87 Å². The lowest BCUT2D eigenvalue weighted by Gasteiger charge is -2.09.